The van der Waals surface area contributed by atoms with Gasteiger partial charge in [-0.25, -0.2) is 0 Å². The molecule has 0 saturated carbocycles. The van der Waals surface area contributed by atoms with Crippen LogP contribution in [0.25, 0.3) is 0 Å². The van der Waals surface area contributed by atoms with E-state index in [4.69, 9.17) is 11.6 Å². The van der Waals surface area contributed by atoms with Crippen molar-refractivity contribution in [2.75, 3.05) is 32.7 Å². The maximum absolute atomic E-state index is 12.2. The van der Waals surface area contributed by atoms with E-state index in [2.05, 4.69) is 4.72 Å². The van der Waals surface area contributed by atoms with Crippen LogP contribution in [0.1, 0.15) is 24.2 Å². The molecular formula is C15H22ClN3O3S. The van der Waals surface area contributed by atoms with Gasteiger partial charge in [0.1, 0.15) is 0 Å². The largest absolute Gasteiger partial charge is 0.293 e. The molecule has 0 aliphatic carbocycles. The molecule has 0 spiro atoms. The Kier molecular flexibility index (Phi) is 6.16. The van der Waals surface area contributed by atoms with Crippen LogP contribution in [-0.4, -0.2) is 62.2 Å². The Morgan fingerprint density at radius 1 is 1.17 bits per heavy atom. The summed E-state index contributed by atoms with van der Waals surface area (Å²) in [6.45, 7) is 5.72. The molecule has 128 valence electrons. The van der Waals surface area contributed by atoms with Crippen molar-refractivity contribution in [3.63, 3.8) is 0 Å². The maximum Gasteiger partial charge on any atom is 0.279 e. The van der Waals surface area contributed by atoms with Crippen LogP contribution in [0.2, 0.25) is 5.02 Å². The second kappa shape index (κ2) is 7.72. The number of Topliss-reactive ketones (excluding diaryl/α,β-unsaturated/α-hetero) is 1. The summed E-state index contributed by atoms with van der Waals surface area (Å²) in [6, 6.07) is 6.66. The quantitative estimate of drug-likeness (QED) is 0.779. The first-order chi connectivity index (χ1) is 10.8. The van der Waals surface area contributed by atoms with E-state index in [0.29, 0.717) is 36.8 Å². The number of ketones is 1. The smallest absolute Gasteiger partial charge is 0.279 e. The number of piperazine rings is 1. The first-order valence-corrected chi connectivity index (χ1v) is 9.38. The fourth-order valence-corrected chi connectivity index (χ4v) is 3.95. The molecule has 1 aromatic carbocycles. The molecule has 23 heavy (non-hydrogen) atoms. The number of nitrogens with one attached hydrogen (secondary N) is 1. The summed E-state index contributed by atoms with van der Waals surface area (Å²) in [4.78, 5) is 14.2. The van der Waals surface area contributed by atoms with Crippen LogP contribution in [0.5, 0.6) is 0 Å². The predicted octanol–water partition coefficient (Wildman–Crippen LogP) is 1.38. The molecule has 0 amide bonds. The van der Waals surface area contributed by atoms with E-state index < -0.39 is 10.2 Å². The number of nitrogens with zero attached hydrogens (tertiary/aromatic N) is 2. The van der Waals surface area contributed by atoms with Gasteiger partial charge in [-0.2, -0.15) is 17.4 Å². The first kappa shape index (κ1) is 18.4. The SMILES string of the molecule is CC(C)NS(=O)(=O)N1CCN(CC(=O)c2ccc(Cl)cc2)CC1. The van der Waals surface area contributed by atoms with Gasteiger partial charge in [0.25, 0.3) is 10.2 Å². The van der Waals surface area contributed by atoms with E-state index in [9.17, 15) is 13.2 Å². The Bertz CT molecular complexity index is 638. The van der Waals surface area contributed by atoms with E-state index in [1.165, 1.54) is 4.31 Å². The maximum atomic E-state index is 12.2. The lowest BCUT2D eigenvalue weighted by Crippen LogP contribution is -2.53. The van der Waals surface area contributed by atoms with Crippen molar-refractivity contribution in [1.82, 2.24) is 13.9 Å². The molecule has 1 aromatic rings. The first-order valence-electron chi connectivity index (χ1n) is 7.56. The monoisotopic (exact) mass is 359 g/mol. The fourth-order valence-electron chi connectivity index (χ4n) is 2.43. The molecule has 0 unspecified atom stereocenters. The van der Waals surface area contributed by atoms with Gasteiger partial charge in [-0.15, -0.1) is 0 Å². The fraction of sp³-hybridized carbons (Fsp3) is 0.533. The molecule has 1 N–H and O–H groups in total. The summed E-state index contributed by atoms with van der Waals surface area (Å²) in [6.07, 6.45) is 0. The second-order valence-corrected chi connectivity index (χ2v) is 8.02. The van der Waals surface area contributed by atoms with Crippen molar-refractivity contribution in [3.05, 3.63) is 34.9 Å². The number of rotatable bonds is 6. The minimum atomic E-state index is -3.43. The summed E-state index contributed by atoms with van der Waals surface area (Å²) in [7, 11) is -3.43. The van der Waals surface area contributed by atoms with Gasteiger partial charge < -0.3 is 0 Å². The highest BCUT2D eigenvalue weighted by molar-refractivity contribution is 7.87. The van der Waals surface area contributed by atoms with Crippen molar-refractivity contribution in [1.29, 1.82) is 0 Å². The van der Waals surface area contributed by atoms with Crippen LogP contribution < -0.4 is 4.72 Å². The Hall–Kier alpha value is -0.990. The number of halogens is 1. The number of hydrogen-bond acceptors (Lipinski definition) is 4. The van der Waals surface area contributed by atoms with Gasteiger partial charge in [0.15, 0.2) is 5.78 Å². The van der Waals surface area contributed by atoms with E-state index in [1.807, 2.05) is 4.90 Å². The van der Waals surface area contributed by atoms with Gasteiger partial charge in [0.2, 0.25) is 0 Å². The number of carbonyl (C=O) groups excluding carboxylic acids is 1. The lowest BCUT2D eigenvalue weighted by atomic mass is 10.1. The molecule has 0 atom stereocenters. The summed E-state index contributed by atoms with van der Waals surface area (Å²) < 4.78 is 28.2. The second-order valence-electron chi connectivity index (χ2n) is 5.88. The molecule has 1 aliphatic rings. The van der Waals surface area contributed by atoms with Crippen LogP contribution in [0.15, 0.2) is 24.3 Å². The predicted molar refractivity (Wildman–Crippen MR) is 91.0 cm³/mol. The molecule has 2 rings (SSSR count). The molecule has 1 saturated heterocycles. The number of hydrogen-bond donors (Lipinski definition) is 1. The minimum Gasteiger partial charge on any atom is -0.293 e. The molecule has 1 aliphatic heterocycles. The Labute approximate surface area is 142 Å². The van der Waals surface area contributed by atoms with Gasteiger partial charge in [0.05, 0.1) is 6.54 Å². The highest BCUT2D eigenvalue weighted by Crippen LogP contribution is 2.12. The normalized spacial score (nSPS) is 17.6. The molecule has 8 heteroatoms. The topological polar surface area (TPSA) is 69.7 Å². The van der Waals surface area contributed by atoms with Crippen LogP contribution in [0, 0.1) is 0 Å². The molecule has 0 aromatic heterocycles. The molecule has 0 bridgehead atoms. The van der Waals surface area contributed by atoms with E-state index in [1.54, 1.807) is 38.1 Å². The van der Waals surface area contributed by atoms with Gasteiger partial charge >= 0.3 is 0 Å². The summed E-state index contributed by atoms with van der Waals surface area (Å²) >= 11 is 5.81. The lowest BCUT2D eigenvalue weighted by Gasteiger charge is -2.33. The minimum absolute atomic E-state index is 0.0123. The van der Waals surface area contributed by atoms with Crippen LogP contribution in [0.3, 0.4) is 0 Å². The van der Waals surface area contributed by atoms with Gasteiger partial charge in [-0.05, 0) is 38.1 Å². The zero-order valence-electron chi connectivity index (χ0n) is 13.3. The summed E-state index contributed by atoms with van der Waals surface area (Å²) in [5, 5.41) is 0.595. The highest BCUT2D eigenvalue weighted by Gasteiger charge is 2.27. The molecule has 1 heterocycles. The van der Waals surface area contributed by atoms with Gasteiger partial charge in [-0.1, -0.05) is 11.6 Å². The third-order valence-electron chi connectivity index (χ3n) is 3.59. The third kappa shape index (κ3) is 5.26. The summed E-state index contributed by atoms with van der Waals surface area (Å²) in [5.41, 5.74) is 0.617. The lowest BCUT2D eigenvalue weighted by molar-refractivity contribution is 0.0901. The highest BCUT2D eigenvalue weighted by atomic mass is 35.5. The summed E-state index contributed by atoms with van der Waals surface area (Å²) in [5.74, 6) is 0.0123. The van der Waals surface area contributed by atoms with E-state index >= 15 is 0 Å². The Morgan fingerprint density at radius 2 is 1.74 bits per heavy atom. The Morgan fingerprint density at radius 3 is 2.26 bits per heavy atom. The van der Waals surface area contributed by atoms with Gasteiger partial charge in [-0.3, -0.25) is 9.69 Å². The van der Waals surface area contributed by atoms with Crippen LogP contribution in [-0.2, 0) is 10.2 Å². The molecule has 0 radical (unpaired) electrons. The molecule has 1 fully saturated rings. The number of carbonyl (C=O) groups is 1. The van der Waals surface area contributed by atoms with Gasteiger partial charge in [0, 0.05) is 42.8 Å². The molecule has 6 nitrogen and oxygen atoms in total. The van der Waals surface area contributed by atoms with E-state index in [0.717, 1.165) is 0 Å². The van der Waals surface area contributed by atoms with Crippen LogP contribution >= 0.6 is 11.6 Å². The standard InChI is InChI=1S/C15H22ClN3O3S/c1-12(2)17-23(21,22)19-9-7-18(8-10-19)11-15(20)13-3-5-14(16)6-4-13/h3-6,12,17H,7-11H2,1-2H3. The number of benzene rings is 1. The van der Waals surface area contributed by atoms with Crippen molar-refractivity contribution < 1.29 is 13.2 Å². The molecular weight excluding hydrogens is 338 g/mol. The average molecular weight is 360 g/mol. The zero-order valence-corrected chi connectivity index (χ0v) is 14.9. The third-order valence-corrected chi connectivity index (χ3v) is 5.66. The van der Waals surface area contributed by atoms with Crippen molar-refractivity contribution >= 4 is 27.6 Å². The van der Waals surface area contributed by atoms with Crippen molar-refractivity contribution in [2.45, 2.75) is 19.9 Å². The van der Waals surface area contributed by atoms with Crippen molar-refractivity contribution in [3.8, 4) is 0 Å². The zero-order chi connectivity index (χ0) is 17.0. The van der Waals surface area contributed by atoms with E-state index in [-0.39, 0.29) is 18.4 Å². The van der Waals surface area contributed by atoms with Crippen molar-refractivity contribution in [2.24, 2.45) is 0 Å². The average Bonchev–Trinajstić information content (AvgIpc) is 2.47. The Balaban J connectivity index is 1.87. The van der Waals surface area contributed by atoms with Crippen LogP contribution in [0.4, 0.5) is 0 Å².